The van der Waals surface area contributed by atoms with Crippen molar-refractivity contribution in [2.75, 3.05) is 19.0 Å². The molecule has 0 unspecified atom stereocenters. The Hall–Kier alpha value is -2.96. The number of aromatic nitrogens is 1. The highest BCUT2D eigenvalue weighted by Gasteiger charge is 2.60. The lowest BCUT2D eigenvalue weighted by molar-refractivity contribution is -0.143. The lowest BCUT2D eigenvalue weighted by Gasteiger charge is -2.19. The Balaban J connectivity index is 1.36. The molecule has 5 rings (SSSR count). The van der Waals surface area contributed by atoms with Gasteiger partial charge in [0.25, 0.3) is 0 Å². The molecule has 1 aromatic heterocycles. The number of likely N-dealkylation sites (tertiary alicyclic amines) is 1. The third-order valence-corrected chi connectivity index (χ3v) is 6.54. The molecule has 0 spiro atoms. The van der Waals surface area contributed by atoms with Crippen LogP contribution in [0, 0.1) is 23.7 Å². The Bertz CT molecular complexity index is 976. The quantitative estimate of drug-likeness (QED) is 0.823. The van der Waals surface area contributed by atoms with Crippen molar-refractivity contribution in [2.24, 2.45) is 23.7 Å². The van der Waals surface area contributed by atoms with E-state index in [4.69, 9.17) is 4.74 Å². The van der Waals surface area contributed by atoms with Crippen LogP contribution in [0.4, 0.5) is 5.69 Å². The van der Waals surface area contributed by atoms with Crippen LogP contribution in [0.3, 0.4) is 0 Å². The van der Waals surface area contributed by atoms with Gasteiger partial charge in [0.05, 0.1) is 30.1 Å². The van der Waals surface area contributed by atoms with Gasteiger partial charge in [-0.2, -0.15) is 0 Å². The van der Waals surface area contributed by atoms with Gasteiger partial charge in [-0.1, -0.05) is 0 Å². The van der Waals surface area contributed by atoms with Crippen LogP contribution in [0.5, 0.6) is 5.75 Å². The first-order chi connectivity index (χ1) is 13.6. The fraction of sp³-hybridized carbons (Fsp3) is 0.429. The van der Waals surface area contributed by atoms with Crippen molar-refractivity contribution in [2.45, 2.75) is 19.3 Å². The molecule has 4 atom stereocenters. The van der Waals surface area contributed by atoms with Crippen LogP contribution in [0.15, 0.2) is 30.5 Å². The molecule has 2 aromatic rings. The maximum atomic E-state index is 12.8. The Morgan fingerprint density at radius 2 is 1.89 bits per heavy atom. The fourth-order valence-electron chi connectivity index (χ4n) is 5.39. The van der Waals surface area contributed by atoms with Gasteiger partial charge in [0.15, 0.2) is 0 Å². The maximum Gasteiger partial charge on any atom is 0.244 e. The predicted octanol–water partition coefficient (Wildman–Crippen LogP) is 2.21. The number of amides is 3. The molecule has 2 bridgehead atoms. The number of nitrogens with zero attached hydrogens (tertiary/aromatic N) is 2. The molecule has 1 saturated heterocycles. The van der Waals surface area contributed by atoms with Gasteiger partial charge >= 0.3 is 0 Å². The number of rotatable bonds is 4. The van der Waals surface area contributed by atoms with Crippen LogP contribution < -0.4 is 10.1 Å². The monoisotopic (exact) mass is 379 g/mol. The molecular weight excluding hydrogens is 358 g/mol. The minimum absolute atomic E-state index is 0.171. The zero-order valence-corrected chi connectivity index (χ0v) is 15.6. The SMILES string of the molecule is COc1ccc(NC(=O)CN2C(=O)[C@@H]3[C@H]4CC[C@@H](C4)[C@@H]3C2=O)c2ncccc12. The van der Waals surface area contributed by atoms with Crippen LogP contribution in [-0.4, -0.2) is 41.3 Å². The molecule has 1 aromatic carbocycles. The highest BCUT2D eigenvalue weighted by atomic mass is 16.5. The highest BCUT2D eigenvalue weighted by Crippen LogP contribution is 2.56. The number of carbonyl (C=O) groups is 3. The standard InChI is InChI=1S/C21H21N3O4/c1-28-15-7-6-14(19-13(15)3-2-8-22-19)23-16(25)10-24-20(26)17-11-4-5-12(9-11)18(17)21(24)27/h2-3,6-8,11-12,17-18H,4-5,9-10H2,1H3,(H,23,25)/t11-,12-,17-,18+/m0/s1. The second-order valence-electron chi connectivity index (χ2n) is 7.91. The number of hydrogen-bond donors (Lipinski definition) is 1. The molecule has 7 nitrogen and oxygen atoms in total. The molecule has 144 valence electrons. The second-order valence-corrected chi connectivity index (χ2v) is 7.91. The summed E-state index contributed by atoms with van der Waals surface area (Å²) in [5, 5.41) is 3.58. The summed E-state index contributed by atoms with van der Waals surface area (Å²) in [4.78, 5) is 43.7. The number of carbonyl (C=O) groups excluding carboxylic acids is 3. The fourth-order valence-corrected chi connectivity index (χ4v) is 5.39. The number of ether oxygens (including phenoxy) is 1. The Morgan fingerprint density at radius 1 is 1.18 bits per heavy atom. The van der Waals surface area contributed by atoms with Crippen LogP contribution in [0.1, 0.15) is 19.3 Å². The number of imide groups is 1. The van der Waals surface area contributed by atoms with E-state index in [9.17, 15) is 14.4 Å². The number of hydrogen-bond acceptors (Lipinski definition) is 5. The number of methoxy groups -OCH3 is 1. The summed E-state index contributed by atoms with van der Waals surface area (Å²) in [6, 6.07) is 7.13. The lowest BCUT2D eigenvalue weighted by Crippen LogP contribution is -2.39. The van der Waals surface area contributed by atoms with E-state index >= 15 is 0 Å². The zero-order valence-electron chi connectivity index (χ0n) is 15.6. The minimum atomic E-state index is -0.397. The predicted molar refractivity (Wildman–Crippen MR) is 101 cm³/mol. The Morgan fingerprint density at radius 3 is 2.57 bits per heavy atom. The topological polar surface area (TPSA) is 88.6 Å². The molecular formula is C21H21N3O4. The molecule has 7 heteroatoms. The summed E-state index contributed by atoms with van der Waals surface area (Å²) in [6.07, 6.45) is 4.67. The van der Waals surface area contributed by atoms with Crippen molar-refractivity contribution in [1.29, 1.82) is 0 Å². The number of nitrogens with one attached hydrogen (secondary N) is 1. The third kappa shape index (κ3) is 2.42. The van der Waals surface area contributed by atoms with Crippen LogP contribution in [-0.2, 0) is 14.4 Å². The van der Waals surface area contributed by atoms with E-state index in [1.807, 2.05) is 6.07 Å². The second kappa shape index (κ2) is 6.29. The van der Waals surface area contributed by atoms with Gasteiger partial charge in [-0.3, -0.25) is 24.3 Å². The molecule has 3 amide bonds. The van der Waals surface area contributed by atoms with Crippen molar-refractivity contribution < 1.29 is 19.1 Å². The largest absolute Gasteiger partial charge is 0.496 e. The van der Waals surface area contributed by atoms with Crippen molar-refractivity contribution in [3.8, 4) is 5.75 Å². The average Bonchev–Trinajstić information content (AvgIpc) is 3.38. The van der Waals surface area contributed by atoms with Crippen LogP contribution >= 0.6 is 0 Å². The van der Waals surface area contributed by atoms with E-state index in [1.54, 1.807) is 31.5 Å². The first-order valence-electron chi connectivity index (χ1n) is 9.65. The van der Waals surface area contributed by atoms with Gasteiger partial charge < -0.3 is 10.1 Å². The van der Waals surface area contributed by atoms with E-state index in [0.717, 1.165) is 29.5 Å². The van der Waals surface area contributed by atoms with Crippen molar-refractivity contribution in [3.63, 3.8) is 0 Å². The summed E-state index contributed by atoms with van der Waals surface area (Å²) in [6.45, 7) is -0.246. The van der Waals surface area contributed by atoms with Gasteiger partial charge in [-0.05, 0) is 55.4 Å². The first-order valence-corrected chi connectivity index (χ1v) is 9.65. The Labute approximate surface area is 162 Å². The normalized spacial score (nSPS) is 28.1. The molecule has 28 heavy (non-hydrogen) atoms. The van der Waals surface area contributed by atoms with E-state index < -0.39 is 5.91 Å². The molecule has 1 aliphatic heterocycles. The molecule has 2 saturated carbocycles. The average molecular weight is 379 g/mol. The van der Waals surface area contributed by atoms with Crippen LogP contribution in [0.25, 0.3) is 10.9 Å². The summed E-state index contributed by atoms with van der Waals surface area (Å²) in [5.74, 6) is 0.138. The van der Waals surface area contributed by atoms with Gasteiger partial charge in [0, 0.05) is 11.6 Å². The molecule has 2 heterocycles. The zero-order chi connectivity index (χ0) is 19.4. The van der Waals surface area contributed by atoms with E-state index in [-0.39, 0.29) is 30.2 Å². The smallest absolute Gasteiger partial charge is 0.244 e. The number of benzene rings is 1. The van der Waals surface area contributed by atoms with E-state index in [1.165, 1.54) is 0 Å². The van der Waals surface area contributed by atoms with Gasteiger partial charge in [0.2, 0.25) is 17.7 Å². The lowest BCUT2D eigenvalue weighted by atomic mass is 9.81. The van der Waals surface area contributed by atoms with Gasteiger partial charge in [0.1, 0.15) is 12.3 Å². The molecule has 0 radical (unpaired) electrons. The first kappa shape index (κ1) is 17.2. The van der Waals surface area contributed by atoms with Crippen molar-refractivity contribution in [3.05, 3.63) is 30.5 Å². The van der Waals surface area contributed by atoms with E-state index in [2.05, 4.69) is 10.3 Å². The number of fused-ring (bicyclic) bond motifs is 6. The minimum Gasteiger partial charge on any atom is -0.496 e. The summed E-state index contributed by atoms with van der Waals surface area (Å²) in [5.41, 5.74) is 1.13. The van der Waals surface area contributed by atoms with Crippen molar-refractivity contribution >= 4 is 34.3 Å². The molecule has 3 aliphatic rings. The van der Waals surface area contributed by atoms with Crippen molar-refractivity contribution in [1.82, 2.24) is 9.88 Å². The highest BCUT2D eigenvalue weighted by molar-refractivity contribution is 6.10. The summed E-state index contributed by atoms with van der Waals surface area (Å²) >= 11 is 0. The third-order valence-electron chi connectivity index (χ3n) is 6.54. The van der Waals surface area contributed by atoms with Gasteiger partial charge in [-0.25, -0.2) is 0 Å². The Kier molecular flexibility index (Phi) is 3.86. The van der Waals surface area contributed by atoms with E-state index in [0.29, 0.717) is 28.8 Å². The number of anilines is 1. The van der Waals surface area contributed by atoms with Crippen LogP contribution in [0.2, 0.25) is 0 Å². The molecule has 3 fully saturated rings. The maximum absolute atomic E-state index is 12.8. The molecule has 2 aliphatic carbocycles. The summed E-state index contributed by atoms with van der Waals surface area (Å²) in [7, 11) is 1.58. The summed E-state index contributed by atoms with van der Waals surface area (Å²) < 4.78 is 5.34. The number of pyridine rings is 1. The van der Waals surface area contributed by atoms with Gasteiger partial charge in [-0.15, -0.1) is 0 Å². The molecule has 1 N–H and O–H groups in total.